The number of hydrogen-bond donors (Lipinski definition) is 0. The first-order chi connectivity index (χ1) is 23.9. The van der Waals surface area contributed by atoms with Crippen molar-refractivity contribution in [3.8, 4) is 50.7 Å². The SMILES string of the molecule is C[Si](C)(C)c1cnc(-c2[c-]cccc2)nc1.[B].[CH3-].[Ir].[Y+3].[Y].[c-]1ccc(-c2[c-]cc(-c3[c-]cccc3)[c-]c2)[c-]c1-c1nc2ccccc2n1-c1ccccc1. The number of fused-ring (bicyclic) bond motifs is 1. The van der Waals surface area contributed by atoms with Gasteiger partial charge in [-0.1, -0.05) is 50.0 Å². The Morgan fingerprint density at radius 1 is 0.593 bits per heavy atom. The van der Waals surface area contributed by atoms with Crippen LogP contribution in [-0.4, -0.2) is 36.0 Å². The summed E-state index contributed by atoms with van der Waals surface area (Å²) in [7, 11) is -1.29. The van der Waals surface area contributed by atoms with Crippen molar-refractivity contribution in [3.63, 3.8) is 0 Å². The summed E-state index contributed by atoms with van der Waals surface area (Å²) in [5.41, 5.74) is 8.61. The molecule has 8 rings (SSSR count). The largest absolute Gasteiger partial charge is 3.00 e. The van der Waals surface area contributed by atoms with Crippen LogP contribution in [0.25, 0.3) is 61.8 Å². The Bertz CT molecular complexity index is 2300. The molecule has 261 valence electrons. The van der Waals surface area contributed by atoms with Gasteiger partial charge in [0, 0.05) is 79.3 Å². The fraction of sp³-hybridized carbons (Fsp3) is 0.0667. The molecular formula is C45H35BIrN4SiY2-4. The molecule has 0 spiro atoms. The normalized spacial score (nSPS) is 10.1. The van der Waals surface area contributed by atoms with Crippen LogP contribution in [0.4, 0.5) is 0 Å². The number of benzene rings is 6. The van der Waals surface area contributed by atoms with E-state index in [1.54, 1.807) is 0 Å². The molecule has 0 N–H and O–H groups in total. The topological polar surface area (TPSA) is 43.6 Å². The minimum Gasteiger partial charge on any atom is -0.374 e. The van der Waals surface area contributed by atoms with Gasteiger partial charge < -0.3 is 28.6 Å². The van der Waals surface area contributed by atoms with Crippen LogP contribution < -0.4 is 5.19 Å². The second-order valence-electron chi connectivity index (χ2n) is 12.5. The molecule has 0 atom stereocenters. The van der Waals surface area contributed by atoms with Gasteiger partial charge in [-0.15, -0.1) is 42.0 Å². The average molecular weight is 1040 g/mol. The number of aromatic nitrogens is 4. The number of imidazole rings is 1. The molecule has 6 aromatic carbocycles. The summed E-state index contributed by atoms with van der Waals surface area (Å²) in [5, 5.41) is 1.28. The molecule has 0 unspecified atom stereocenters. The van der Waals surface area contributed by atoms with Gasteiger partial charge in [-0.25, -0.2) is 41.5 Å². The van der Waals surface area contributed by atoms with Crippen LogP contribution in [0, 0.1) is 43.8 Å². The quantitative estimate of drug-likeness (QED) is 0.123. The van der Waals surface area contributed by atoms with Crippen molar-refractivity contribution in [2.24, 2.45) is 0 Å². The zero-order chi connectivity index (χ0) is 33.6. The maximum Gasteiger partial charge on any atom is 3.00 e. The molecule has 9 heteroatoms. The molecule has 2 heterocycles. The van der Waals surface area contributed by atoms with Gasteiger partial charge in [0.05, 0.1) is 24.9 Å². The number of para-hydroxylation sites is 3. The molecule has 0 amide bonds. The van der Waals surface area contributed by atoms with Crippen LogP contribution in [-0.2, 0) is 85.5 Å². The van der Waals surface area contributed by atoms with Crippen molar-refractivity contribution >= 4 is 32.7 Å². The van der Waals surface area contributed by atoms with Crippen molar-refractivity contribution in [3.05, 3.63) is 184 Å². The first kappa shape index (κ1) is 47.2. The molecule has 8 aromatic rings. The monoisotopic (exact) mass is 1040 g/mol. The second kappa shape index (κ2) is 21.9. The Kier molecular flexibility index (Phi) is 19.2. The van der Waals surface area contributed by atoms with Crippen molar-refractivity contribution < 1.29 is 85.5 Å². The maximum atomic E-state index is 4.93. The number of hydrogen-bond acceptors (Lipinski definition) is 3. The van der Waals surface area contributed by atoms with E-state index in [4.69, 9.17) is 4.98 Å². The summed E-state index contributed by atoms with van der Waals surface area (Å²) < 4.78 is 2.16. The number of nitrogens with zero attached hydrogens (tertiary/aromatic N) is 4. The molecule has 0 saturated carbocycles. The van der Waals surface area contributed by atoms with Crippen LogP contribution in [0.15, 0.2) is 140 Å². The molecule has 0 aliphatic rings. The second-order valence-corrected chi connectivity index (χ2v) is 17.6. The summed E-state index contributed by atoms with van der Waals surface area (Å²) in [5.74, 6) is 1.56. The van der Waals surface area contributed by atoms with E-state index in [1.807, 2.05) is 122 Å². The number of rotatable bonds is 6. The van der Waals surface area contributed by atoms with Crippen molar-refractivity contribution in [2.45, 2.75) is 19.6 Å². The average Bonchev–Trinajstić information content (AvgIpc) is 3.56. The van der Waals surface area contributed by atoms with Crippen molar-refractivity contribution in [2.75, 3.05) is 0 Å². The van der Waals surface area contributed by atoms with E-state index >= 15 is 0 Å². The molecule has 2 aromatic heterocycles. The summed E-state index contributed by atoms with van der Waals surface area (Å²) in [4.78, 5) is 13.7. The molecule has 4 nitrogen and oxygen atoms in total. The van der Waals surface area contributed by atoms with E-state index < -0.39 is 8.07 Å². The van der Waals surface area contributed by atoms with Crippen molar-refractivity contribution in [1.82, 2.24) is 19.5 Å². The van der Waals surface area contributed by atoms with Crippen LogP contribution in [0.2, 0.25) is 19.6 Å². The van der Waals surface area contributed by atoms with E-state index in [-0.39, 0.29) is 101 Å². The van der Waals surface area contributed by atoms with Crippen LogP contribution in [0.3, 0.4) is 0 Å². The van der Waals surface area contributed by atoms with Gasteiger partial charge >= 0.3 is 32.7 Å². The van der Waals surface area contributed by atoms with Gasteiger partial charge in [0.15, 0.2) is 0 Å². The molecular weight excluding hydrogens is 1010 g/mol. The first-order valence-electron chi connectivity index (χ1n) is 16.1. The summed E-state index contributed by atoms with van der Waals surface area (Å²) in [6, 6.07) is 61.8. The fourth-order valence-electron chi connectivity index (χ4n) is 5.37. The Labute approximate surface area is 387 Å². The minimum absolute atomic E-state index is 0. The predicted octanol–water partition coefficient (Wildman–Crippen LogP) is 9.58. The summed E-state index contributed by atoms with van der Waals surface area (Å²) in [6.07, 6.45) is 3.91. The summed E-state index contributed by atoms with van der Waals surface area (Å²) >= 11 is 0. The van der Waals surface area contributed by atoms with Gasteiger partial charge in [-0.3, -0.25) is 33.2 Å². The third-order valence-corrected chi connectivity index (χ3v) is 10.0. The molecule has 5 radical (unpaired) electrons. The fourth-order valence-corrected chi connectivity index (χ4v) is 6.28. The standard InChI is InChI=1S/C31H17N2.C13H15N2Si.CH3.B.Ir.2Y/c1-3-10-23(11-4-1)24-18-20-25(21-19-24)26-12-9-13-27(22-26)31-32-29-16-7-8-17-30(29)33(31)28-14-5-2-6-15-28;1-16(2,3)12-9-14-13(15-10-12)11-7-5-4-6-8-11;;;;;/h1-10,12,14-18,21H;4-7,9-10H,1-3H3;1H3;;;;/q-5;2*-1;;;;+3. The maximum absolute atomic E-state index is 4.93. The summed E-state index contributed by atoms with van der Waals surface area (Å²) in [6.45, 7) is 6.88. The molecule has 0 saturated heterocycles. The predicted molar refractivity (Wildman–Crippen MR) is 213 cm³/mol. The van der Waals surface area contributed by atoms with Gasteiger partial charge in [0.2, 0.25) is 0 Å². The first-order valence-corrected chi connectivity index (χ1v) is 19.6. The zero-order valence-electron chi connectivity index (χ0n) is 30.6. The smallest absolute Gasteiger partial charge is 0.374 e. The van der Waals surface area contributed by atoms with E-state index in [2.05, 4.69) is 88.8 Å². The van der Waals surface area contributed by atoms with Gasteiger partial charge in [-0.05, 0) is 35.3 Å². The van der Waals surface area contributed by atoms with Gasteiger partial charge in [0.25, 0.3) is 0 Å². The van der Waals surface area contributed by atoms with E-state index in [9.17, 15) is 0 Å². The van der Waals surface area contributed by atoms with Gasteiger partial charge in [0.1, 0.15) is 0 Å². The Balaban J connectivity index is 0.000000414. The molecule has 0 aliphatic carbocycles. The molecule has 0 bridgehead atoms. The Morgan fingerprint density at radius 2 is 1.17 bits per heavy atom. The minimum atomic E-state index is -1.29. The van der Waals surface area contributed by atoms with Crippen LogP contribution in [0.1, 0.15) is 0 Å². The van der Waals surface area contributed by atoms with Gasteiger partial charge in [-0.2, -0.15) is 24.3 Å². The molecule has 54 heavy (non-hydrogen) atoms. The van der Waals surface area contributed by atoms with Crippen molar-refractivity contribution in [1.29, 1.82) is 0 Å². The Hall–Kier alpha value is -2.99. The van der Waals surface area contributed by atoms with E-state index in [1.165, 1.54) is 5.19 Å². The van der Waals surface area contributed by atoms with Crippen LogP contribution in [0.5, 0.6) is 0 Å². The molecule has 0 aliphatic heterocycles. The van der Waals surface area contributed by atoms with E-state index in [0.717, 1.165) is 61.8 Å². The third kappa shape index (κ3) is 11.3. The van der Waals surface area contributed by atoms with E-state index in [0.29, 0.717) is 0 Å². The zero-order valence-corrected chi connectivity index (χ0v) is 39.7. The molecule has 0 fully saturated rings. The van der Waals surface area contributed by atoms with Crippen LogP contribution >= 0.6 is 0 Å². The Morgan fingerprint density at radius 3 is 1.76 bits per heavy atom. The third-order valence-electron chi connectivity index (χ3n) is 8.04.